The summed E-state index contributed by atoms with van der Waals surface area (Å²) >= 11 is 0. The molecule has 0 aliphatic carbocycles. The number of rotatable bonds is 5. The molecule has 6 nitrogen and oxygen atoms in total. The predicted molar refractivity (Wildman–Crippen MR) is 83.9 cm³/mol. The molecule has 1 amide bonds. The molecule has 1 atom stereocenters. The summed E-state index contributed by atoms with van der Waals surface area (Å²) in [6, 6.07) is 3.58. The van der Waals surface area contributed by atoms with E-state index in [2.05, 4.69) is 10.3 Å². The van der Waals surface area contributed by atoms with Crippen molar-refractivity contribution in [2.24, 2.45) is 5.92 Å². The smallest absolute Gasteiger partial charge is 0.410 e. The van der Waals surface area contributed by atoms with Crippen molar-refractivity contribution in [3.05, 3.63) is 24.0 Å². The third-order valence-corrected chi connectivity index (χ3v) is 3.55. The van der Waals surface area contributed by atoms with E-state index in [1.807, 2.05) is 26.8 Å². The molecule has 0 saturated carbocycles. The number of aromatic amines is 1. The number of carbonyl (C=O) groups excluding carboxylic acids is 2. The van der Waals surface area contributed by atoms with Crippen molar-refractivity contribution < 1.29 is 14.3 Å². The van der Waals surface area contributed by atoms with Crippen LogP contribution in [0.1, 0.15) is 37.7 Å². The number of Topliss-reactive ketones (excluding diaryl/α,β-unsaturated/α-hetero) is 1. The number of ether oxygens (including phenoxy) is 1. The normalized spacial score (nSPS) is 18.5. The Morgan fingerprint density at radius 2 is 2.23 bits per heavy atom. The number of ketones is 1. The molecule has 2 rings (SSSR count). The van der Waals surface area contributed by atoms with Gasteiger partial charge >= 0.3 is 6.09 Å². The van der Waals surface area contributed by atoms with Gasteiger partial charge in [0, 0.05) is 25.8 Å². The summed E-state index contributed by atoms with van der Waals surface area (Å²) < 4.78 is 5.37. The molecule has 1 aromatic heterocycles. The van der Waals surface area contributed by atoms with Crippen LogP contribution in [0.2, 0.25) is 0 Å². The lowest BCUT2D eigenvalue weighted by Crippen LogP contribution is -2.36. The van der Waals surface area contributed by atoms with Crippen LogP contribution in [0.4, 0.5) is 4.79 Å². The van der Waals surface area contributed by atoms with Gasteiger partial charge in [-0.05, 0) is 45.2 Å². The predicted octanol–water partition coefficient (Wildman–Crippen LogP) is 2.04. The summed E-state index contributed by atoms with van der Waals surface area (Å²) in [4.78, 5) is 28.4. The van der Waals surface area contributed by atoms with E-state index >= 15 is 0 Å². The van der Waals surface area contributed by atoms with Crippen LogP contribution in [-0.4, -0.2) is 53.5 Å². The minimum absolute atomic E-state index is 0.0481. The third-order valence-electron chi connectivity index (χ3n) is 3.55. The maximum absolute atomic E-state index is 12.0. The van der Waals surface area contributed by atoms with Gasteiger partial charge in [0.2, 0.25) is 0 Å². The van der Waals surface area contributed by atoms with E-state index in [0.29, 0.717) is 31.2 Å². The first kappa shape index (κ1) is 16.5. The van der Waals surface area contributed by atoms with E-state index in [4.69, 9.17) is 4.74 Å². The molecule has 0 bridgehead atoms. The number of H-pyrrole nitrogens is 1. The van der Waals surface area contributed by atoms with Crippen molar-refractivity contribution >= 4 is 11.9 Å². The molecule has 1 aliphatic rings. The molecule has 0 aromatic carbocycles. The standard InChI is InChI=1S/C16H25N3O3/c1-16(2,3)22-15(21)19-8-6-12(11-19)9-17-10-14(20)13-5-4-7-18-13/h4-5,7,12,17-18H,6,8-11H2,1-3H3. The first-order valence-electron chi connectivity index (χ1n) is 7.70. The molecule has 1 aromatic rings. The SMILES string of the molecule is CC(C)(C)OC(=O)N1CCC(CNCC(=O)c2ccc[nH]2)C1. The second kappa shape index (κ2) is 6.96. The fourth-order valence-corrected chi connectivity index (χ4v) is 2.48. The Morgan fingerprint density at radius 1 is 1.45 bits per heavy atom. The number of nitrogens with one attached hydrogen (secondary N) is 2. The van der Waals surface area contributed by atoms with Crippen molar-refractivity contribution in [2.45, 2.75) is 32.8 Å². The monoisotopic (exact) mass is 307 g/mol. The maximum atomic E-state index is 12.0. The Morgan fingerprint density at radius 3 is 2.86 bits per heavy atom. The summed E-state index contributed by atoms with van der Waals surface area (Å²) in [5.74, 6) is 0.413. The van der Waals surface area contributed by atoms with Crippen molar-refractivity contribution in [1.82, 2.24) is 15.2 Å². The molecule has 1 unspecified atom stereocenters. The molecule has 2 N–H and O–H groups in total. The second-order valence-electron chi connectivity index (χ2n) is 6.72. The summed E-state index contributed by atoms with van der Waals surface area (Å²) in [7, 11) is 0. The van der Waals surface area contributed by atoms with Crippen LogP contribution in [-0.2, 0) is 4.74 Å². The van der Waals surface area contributed by atoms with Gasteiger partial charge in [0.25, 0.3) is 0 Å². The highest BCUT2D eigenvalue weighted by Gasteiger charge is 2.29. The maximum Gasteiger partial charge on any atom is 0.410 e. The first-order chi connectivity index (χ1) is 10.3. The molecular formula is C16H25N3O3. The fourth-order valence-electron chi connectivity index (χ4n) is 2.48. The Kier molecular flexibility index (Phi) is 5.24. The van der Waals surface area contributed by atoms with Crippen LogP contribution < -0.4 is 5.32 Å². The Balaban J connectivity index is 1.68. The van der Waals surface area contributed by atoms with Gasteiger partial charge in [-0.25, -0.2) is 4.79 Å². The van der Waals surface area contributed by atoms with Gasteiger partial charge in [-0.2, -0.15) is 0 Å². The summed E-state index contributed by atoms with van der Waals surface area (Å²) in [5.41, 5.74) is 0.157. The zero-order valence-electron chi connectivity index (χ0n) is 13.5. The van der Waals surface area contributed by atoms with E-state index in [-0.39, 0.29) is 11.9 Å². The van der Waals surface area contributed by atoms with Crippen LogP contribution in [0.5, 0.6) is 0 Å². The zero-order valence-corrected chi connectivity index (χ0v) is 13.5. The number of hydrogen-bond donors (Lipinski definition) is 2. The van der Waals surface area contributed by atoms with Gasteiger partial charge in [0.1, 0.15) is 5.60 Å². The average molecular weight is 307 g/mol. The lowest BCUT2D eigenvalue weighted by molar-refractivity contribution is 0.0288. The van der Waals surface area contributed by atoms with E-state index in [1.165, 1.54) is 0 Å². The van der Waals surface area contributed by atoms with Gasteiger partial charge in [0.15, 0.2) is 5.78 Å². The minimum Gasteiger partial charge on any atom is -0.444 e. The Hall–Kier alpha value is -1.82. The second-order valence-corrected chi connectivity index (χ2v) is 6.72. The minimum atomic E-state index is -0.462. The van der Waals surface area contributed by atoms with E-state index < -0.39 is 5.60 Å². The van der Waals surface area contributed by atoms with Crippen molar-refractivity contribution in [3.8, 4) is 0 Å². The van der Waals surface area contributed by atoms with Crippen LogP contribution in [0, 0.1) is 5.92 Å². The molecule has 122 valence electrons. The van der Waals surface area contributed by atoms with Gasteiger partial charge in [-0.15, -0.1) is 0 Å². The molecule has 0 radical (unpaired) electrons. The molecule has 1 saturated heterocycles. The average Bonchev–Trinajstić information content (AvgIpc) is 3.08. The quantitative estimate of drug-likeness (QED) is 0.816. The highest BCUT2D eigenvalue weighted by molar-refractivity contribution is 5.95. The number of nitrogens with zero attached hydrogens (tertiary/aromatic N) is 1. The van der Waals surface area contributed by atoms with E-state index in [9.17, 15) is 9.59 Å². The van der Waals surface area contributed by atoms with E-state index in [1.54, 1.807) is 17.2 Å². The molecule has 22 heavy (non-hydrogen) atoms. The highest BCUT2D eigenvalue weighted by Crippen LogP contribution is 2.18. The molecule has 0 spiro atoms. The summed E-state index contributed by atoms with van der Waals surface area (Å²) in [6.45, 7) is 8.03. The fraction of sp³-hybridized carbons (Fsp3) is 0.625. The topological polar surface area (TPSA) is 74.4 Å². The van der Waals surface area contributed by atoms with Crippen molar-refractivity contribution in [3.63, 3.8) is 0 Å². The molecule has 2 heterocycles. The number of amides is 1. The zero-order chi connectivity index (χ0) is 16.2. The van der Waals surface area contributed by atoms with Crippen LogP contribution in [0.3, 0.4) is 0 Å². The Labute approximate surface area is 131 Å². The summed E-state index contributed by atoms with van der Waals surface area (Å²) in [5, 5.41) is 3.17. The Bertz CT molecular complexity index is 505. The molecule has 1 fully saturated rings. The highest BCUT2D eigenvalue weighted by atomic mass is 16.6. The van der Waals surface area contributed by atoms with Gasteiger partial charge in [-0.3, -0.25) is 4.79 Å². The number of hydrogen-bond acceptors (Lipinski definition) is 4. The van der Waals surface area contributed by atoms with Crippen molar-refractivity contribution in [1.29, 1.82) is 0 Å². The first-order valence-corrected chi connectivity index (χ1v) is 7.70. The van der Waals surface area contributed by atoms with Gasteiger partial charge in [-0.1, -0.05) is 0 Å². The van der Waals surface area contributed by atoms with Crippen LogP contribution in [0.15, 0.2) is 18.3 Å². The van der Waals surface area contributed by atoms with Crippen molar-refractivity contribution in [2.75, 3.05) is 26.2 Å². The largest absolute Gasteiger partial charge is 0.444 e. The molecular weight excluding hydrogens is 282 g/mol. The number of carbonyl (C=O) groups is 2. The van der Waals surface area contributed by atoms with Crippen LogP contribution >= 0.6 is 0 Å². The third kappa shape index (κ3) is 4.87. The van der Waals surface area contributed by atoms with Gasteiger partial charge < -0.3 is 19.9 Å². The molecule has 6 heteroatoms. The van der Waals surface area contributed by atoms with E-state index in [0.717, 1.165) is 13.0 Å². The lowest BCUT2D eigenvalue weighted by atomic mass is 10.1. The number of aromatic nitrogens is 1. The molecule has 1 aliphatic heterocycles. The van der Waals surface area contributed by atoms with Gasteiger partial charge in [0.05, 0.1) is 12.2 Å². The lowest BCUT2D eigenvalue weighted by Gasteiger charge is -2.24. The van der Waals surface area contributed by atoms with Crippen LogP contribution in [0.25, 0.3) is 0 Å². The number of likely N-dealkylation sites (tertiary alicyclic amines) is 1. The summed E-state index contributed by atoms with van der Waals surface area (Å²) in [6.07, 6.45) is 2.42.